The molecule has 148 valence electrons. The molecule has 9 heteroatoms. The standard InChI is InChI=1S/C19H20IN3O4S/c20-12-3-4-13-14(9-12)18(26)22(17(13)25)8-5-16(24)23-11-28-10-15(23)19(27)21-6-1-2-7-21/h3-4,9,15H,1-2,5-8,10-11H2/t15-/m0/s1. The van der Waals surface area contributed by atoms with Crippen molar-refractivity contribution in [3.05, 3.63) is 32.9 Å². The largest absolute Gasteiger partial charge is 0.341 e. The van der Waals surface area contributed by atoms with E-state index >= 15 is 0 Å². The number of thioether (sulfide) groups is 1. The number of hydrogen-bond acceptors (Lipinski definition) is 5. The normalized spacial score (nSPS) is 21.6. The smallest absolute Gasteiger partial charge is 0.261 e. The van der Waals surface area contributed by atoms with Gasteiger partial charge in [-0.05, 0) is 53.6 Å². The number of nitrogens with zero attached hydrogens (tertiary/aromatic N) is 3. The summed E-state index contributed by atoms with van der Waals surface area (Å²) in [5.74, 6) is 0.201. The zero-order valence-electron chi connectivity index (χ0n) is 15.2. The molecule has 0 aliphatic carbocycles. The van der Waals surface area contributed by atoms with Crippen LogP contribution in [0.15, 0.2) is 18.2 Å². The zero-order valence-corrected chi connectivity index (χ0v) is 18.2. The second-order valence-electron chi connectivity index (χ2n) is 7.11. The SMILES string of the molecule is O=C([C@@H]1CSCN1C(=O)CCN1C(=O)c2ccc(I)cc2C1=O)N1CCCC1. The number of rotatable bonds is 4. The number of imide groups is 1. The van der Waals surface area contributed by atoms with Crippen LogP contribution in [0, 0.1) is 3.57 Å². The van der Waals surface area contributed by atoms with Gasteiger partial charge in [-0.25, -0.2) is 0 Å². The Morgan fingerprint density at radius 2 is 1.82 bits per heavy atom. The Bertz CT molecular complexity index is 856. The van der Waals surface area contributed by atoms with Crippen LogP contribution in [0.3, 0.4) is 0 Å². The molecule has 4 amide bonds. The van der Waals surface area contributed by atoms with Gasteiger partial charge in [-0.2, -0.15) is 0 Å². The predicted octanol–water partition coefficient (Wildman–Crippen LogP) is 1.80. The molecule has 0 unspecified atom stereocenters. The van der Waals surface area contributed by atoms with Crippen molar-refractivity contribution in [2.24, 2.45) is 0 Å². The minimum Gasteiger partial charge on any atom is -0.341 e. The number of carbonyl (C=O) groups is 4. The van der Waals surface area contributed by atoms with E-state index in [4.69, 9.17) is 0 Å². The maximum atomic E-state index is 12.8. The minimum absolute atomic E-state index is 0.0196. The third kappa shape index (κ3) is 3.54. The second-order valence-corrected chi connectivity index (χ2v) is 9.36. The molecule has 0 aromatic heterocycles. The number of hydrogen-bond donors (Lipinski definition) is 0. The Hall–Kier alpha value is -1.62. The lowest BCUT2D eigenvalue weighted by atomic mass is 10.1. The van der Waals surface area contributed by atoms with Gasteiger partial charge in [0.25, 0.3) is 11.8 Å². The average molecular weight is 513 g/mol. The predicted molar refractivity (Wildman–Crippen MR) is 113 cm³/mol. The maximum absolute atomic E-state index is 12.8. The van der Waals surface area contributed by atoms with Crippen LogP contribution in [0.5, 0.6) is 0 Å². The van der Waals surface area contributed by atoms with Crippen LogP contribution in [0.2, 0.25) is 0 Å². The topological polar surface area (TPSA) is 78.0 Å². The van der Waals surface area contributed by atoms with Gasteiger partial charge in [-0.1, -0.05) is 0 Å². The molecule has 2 saturated heterocycles. The molecular weight excluding hydrogens is 493 g/mol. The molecule has 0 bridgehead atoms. The summed E-state index contributed by atoms with van der Waals surface area (Å²) < 4.78 is 0.882. The van der Waals surface area contributed by atoms with Crippen LogP contribution in [0.25, 0.3) is 0 Å². The molecule has 1 aromatic rings. The van der Waals surface area contributed by atoms with Crippen LogP contribution in [0.4, 0.5) is 0 Å². The Labute approximate surface area is 180 Å². The summed E-state index contributed by atoms with van der Waals surface area (Å²) in [7, 11) is 0. The van der Waals surface area contributed by atoms with Gasteiger partial charge in [0.15, 0.2) is 0 Å². The lowest BCUT2D eigenvalue weighted by Gasteiger charge is -2.27. The van der Waals surface area contributed by atoms with E-state index in [0.717, 1.165) is 34.4 Å². The van der Waals surface area contributed by atoms with Crippen molar-refractivity contribution < 1.29 is 19.2 Å². The van der Waals surface area contributed by atoms with Crippen molar-refractivity contribution in [2.75, 3.05) is 31.3 Å². The number of halogens is 1. The Kier molecular flexibility index (Phi) is 5.64. The molecule has 28 heavy (non-hydrogen) atoms. The van der Waals surface area contributed by atoms with Crippen molar-refractivity contribution in [1.82, 2.24) is 14.7 Å². The second kappa shape index (κ2) is 8.02. The zero-order chi connectivity index (χ0) is 19.8. The minimum atomic E-state index is -0.431. The van der Waals surface area contributed by atoms with Crippen LogP contribution in [-0.2, 0) is 9.59 Å². The fourth-order valence-electron chi connectivity index (χ4n) is 3.86. The van der Waals surface area contributed by atoms with Crippen LogP contribution < -0.4 is 0 Å². The van der Waals surface area contributed by atoms with E-state index in [2.05, 4.69) is 22.6 Å². The highest BCUT2D eigenvalue weighted by molar-refractivity contribution is 14.1. The van der Waals surface area contributed by atoms with Gasteiger partial charge in [0.1, 0.15) is 6.04 Å². The molecule has 4 rings (SSSR count). The van der Waals surface area contributed by atoms with Crippen LogP contribution >= 0.6 is 34.4 Å². The fraction of sp³-hybridized carbons (Fsp3) is 0.474. The molecule has 1 atom stereocenters. The average Bonchev–Trinajstić information content (AvgIpc) is 3.42. The highest BCUT2D eigenvalue weighted by Crippen LogP contribution is 2.27. The summed E-state index contributed by atoms with van der Waals surface area (Å²) in [5, 5.41) is 0. The third-order valence-electron chi connectivity index (χ3n) is 5.39. The quantitative estimate of drug-likeness (QED) is 0.454. The van der Waals surface area contributed by atoms with Gasteiger partial charge >= 0.3 is 0 Å². The van der Waals surface area contributed by atoms with Gasteiger partial charge in [0.05, 0.1) is 17.0 Å². The van der Waals surface area contributed by atoms with Crippen molar-refractivity contribution in [1.29, 1.82) is 0 Å². The van der Waals surface area contributed by atoms with Gasteiger partial charge in [0.2, 0.25) is 11.8 Å². The Balaban J connectivity index is 1.39. The molecule has 2 fully saturated rings. The molecule has 0 radical (unpaired) electrons. The first-order valence-corrected chi connectivity index (χ1v) is 11.5. The van der Waals surface area contributed by atoms with E-state index in [9.17, 15) is 19.2 Å². The summed E-state index contributed by atoms with van der Waals surface area (Å²) in [6.07, 6.45) is 2.06. The van der Waals surface area contributed by atoms with Crippen molar-refractivity contribution in [3.8, 4) is 0 Å². The molecule has 0 N–H and O–H groups in total. The van der Waals surface area contributed by atoms with E-state index in [1.165, 1.54) is 0 Å². The van der Waals surface area contributed by atoms with E-state index in [-0.39, 0.29) is 36.6 Å². The van der Waals surface area contributed by atoms with Gasteiger partial charge < -0.3 is 9.80 Å². The van der Waals surface area contributed by atoms with Gasteiger partial charge in [0, 0.05) is 35.4 Å². The number of carbonyl (C=O) groups excluding carboxylic acids is 4. The summed E-state index contributed by atoms with van der Waals surface area (Å²) in [6.45, 7) is 1.55. The van der Waals surface area contributed by atoms with E-state index in [0.29, 0.717) is 22.8 Å². The van der Waals surface area contributed by atoms with Crippen LogP contribution in [0.1, 0.15) is 40.0 Å². The number of benzene rings is 1. The summed E-state index contributed by atoms with van der Waals surface area (Å²) in [5.41, 5.74) is 0.778. The van der Waals surface area contributed by atoms with Gasteiger partial charge in [-0.3, -0.25) is 24.1 Å². The first-order chi connectivity index (χ1) is 13.5. The summed E-state index contributed by atoms with van der Waals surface area (Å²) in [6, 6.07) is 4.70. The Morgan fingerprint density at radius 1 is 1.11 bits per heavy atom. The first-order valence-electron chi connectivity index (χ1n) is 9.29. The molecule has 7 nitrogen and oxygen atoms in total. The van der Waals surface area contributed by atoms with E-state index in [1.807, 2.05) is 4.90 Å². The third-order valence-corrected chi connectivity index (χ3v) is 7.07. The van der Waals surface area contributed by atoms with Crippen molar-refractivity contribution in [2.45, 2.75) is 25.3 Å². The van der Waals surface area contributed by atoms with Gasteiger partial charge in [-0.15, -0.1) is 11.8 Å². The molecule has 1 aromatic carbocycles. The highest BCUT2D eigenvalue weighted by Gasteiger charge is 2.39. The lowest BCUT2D eigenvalue weighted by Crippen LogP contribution is -2.48. The lowest BCUT2D eigenvalue weighted by molar-refractivity contribution is -0.142. The highest BCUT2D eigenvalue weighted by atomic mass is 127. The summed E-state index contributed by atoms with van der Waals surface area (Å²) in [4.78, 5) is 55.1. The summed E-state index contributed by atoms with van der Waals surface area (Å²) >= 11 is 3.66. The van der Waals surface area contributed by atoms with E-state index in [1.54, 1.807) is 34.9 Å². The fourth-order valence-corrected chi connectivity index (χ4v) is 5.52. The molecule has 0 saturated carbocycles. The molecule has 3 heterocycles. The number of fused-ring (bicyclic) bond motifs is 1. The molecular formula is C19H20IN3O4S. The number of amides is 4. The maximum Gasteiger partial charge on any atom is 0.261 e. The monoisotopic (exact) mass is 513 g/mol. The molecule has 3 aliphatic heterocycles. The molecule has 0 spiro atoms. The number of likely N-dealkylation sites (tertiary alicyclic amines) is 1. The Morgan fingerprint density at radius 3 is 2.57 bits per heavy atom. The van der Waals surface area contributed by atoms with E-state index < -0.39 is 6.04 Å². The van der Waals surface area contributed by atoms with Crippen molar-refractivity contribution in [3.63, 3.8) is 0 Å². The first kappa shape index (κ1) is 19.7. The van der Waals surface area contributed by atoms with Crippen molar-refractivity contribution >= 4 is 58.0 Å². The van der Waals surface area contributed by atoms with Crippen LogP contribution in [-0.4, -0.2) is 75.6 Å². The molecule has 3 aliphatic rings.